The lowest BCUT2D eigenvalue weighted by Gasteiger charge is -2.41. The molecule has 3 rings (SSSR count). The molecule has 0 saturated carbocycles. The van der Waals surface area contributed by atoms with Crippen LogP contribution in [0.2, 0.25) is 0 Å². The van der Waals surface area contributed by atoms with E-state index >= 15 is 0 Å². The van der Waals surface area contributed by atoms with Crippen LogP contribution in [0.1, 0.15) is 78.4 Å². The highest BCUT2D eigenvalue weighted by atomic mass is 16.7. The lowest BCUT2D eigenvalue weighted by atomic mass is 9.72. The van der Waals surface area contributed by atoms with Crippen LogP contribution in [-0.4, -0.2) is 37.0 Å². The van der Waals surface area contributed by atoms with Gasteiger partial charge < -0.3 is 14.0 Å². The minimum atomic E-state index is -0.250. The molecule has 2 aromatic carbocycles. The van der Waals surface area contributed by atoms with E-state index in [1.54, 1.807) is 0 Å². The van der Waals surface area contributed by atoms with E-state index in [0.29, 0.717) is 5.41 Å². The van der Waals surface area contributed by atoms with E-state index in [-0.39, 0.29) is 11.7 Å². The maximum atomic E-state index is 6.14. The van der Waals surface area contributed by atoms with Gasteiger partial charge in [0.05, 0.1) is 19.7 Å². The van der Waals surface area contributed by atoms with Crippen LogP contribution in [-0.2, 0) is 16.7 Å². The third-order valence-electron chi connectivity index (χ3n) is 6.95. The van der Waals surface area contributed by atoms with E-state index in [9.17, 15) is 0 Å². The molecular weight excluding hydrogens is 406 g/mol. The van der Waals surface area contributed by atoms with E-state index in [1.807, 2.05) is 6.92 Å². The summed E-state index contributed by atoms with van der Waals surface area (Å²) in [6.45, 7) is 19.0. The molecule has 1 aliphatic heterocycles. The normalized spacial score (nSPS) is 17.5. The number of rotatable bonds is 10. The van der Waals surface area contributed by atoms with Gasteiger partial charge in [0.2, 0.25) is 0 Å². The number of nitrogens with zero attached hydrogens (tertiary/aromatic N) is 1. The Morgan fingerprint density at radius 1 is 0.848 bits per heavy atom. The van der Waals surface area contributed by atoms with Gasteiger partial charge in [-0.1, -0.05) is 77.1 Å². The molecule has 1 heterocycles. The number of hydrogen-bond donors (Lipinski definition) is 0. The van der Waals surface area contributed by atoms with Gasteiger partial charge >= 0.3 is 0 Å². The maximum absolute atomic E-state index is 6.14. The molecule has 1 fully saturated rings. The first-order valence-corrected chi connectivity index (χ1v) is 12.8. The largest absolute Gasteiger partial charge is 0.465 e. The summed E-state index contributed by atoms with van der Waals surface area (Å²) in [4.78, 5) is 0. The van der Waals surface area contributed by atoms with Crippen molar-refractivity contribution in [1.82, 2.24) is 0 Å². The molecule has 0 aliphatic carbocycles. The van der Waals surface area contributed by atoms with Gasteiger partial charge in [0, 0.05) is 5.56 Å². The van der Waals surface area contributed by atoms with Crippen LogP contribution in [0.4, 0.5) is 0 Å². The summed E-state index contributed by atoms with van der Waals surface area (Å²) in [6, 6.07) is 19.5. The minimum Gasteiger partial charge on any atom is -0.465 e. The van der Waals surface area contributed by atoms with Gasteiger partial charge in [0.15, 0.2) is 6.29 Å². The Labute approximate surface area is 202 Å². The van der Waals surface area contributed by atoms with Crippen molar-refractivity contribution in [2.45, 2.75) is 85.5 Å². The second kappa shape index (κ2) is 11.1. The van der Waals surface area contributed by atoms with E-state index in [2.05, 4.69) is 89.2 Å². The molecule has 1 saturated heterocycles. The first kappa shape index (κ1) is 25.8. The second-order valence-electron chi connectivity index (χ2n) is 11.9. The molecule has 182 valence electrons. The lowest BCUT2D eigenvalue weighted by molar-refractivity contribution is -0.945. The molecule has 0 radical (unpaired) electrons. The van der Waals surface area contributed by atoms with Gasteiger partial charge in [-0.3, -0.25) is 0 Å². The summed E-state index contributed by atoms with van der Waals surface area (Å²) in [6.07, 6.45) is 4.88. The summed E-state index contributed by atoms with van der Waals surface area (Å²) < 4.78 is 13.4. The highest BCUT2D eigenvalue weighted by Gasteiger charge is 2.30. The Morgan fingerprint density at radius 2 is 1.48 bits per heavy atom. The molecule has 1 atom stereocenters. The van der Waals surface area contributed by atoms with Gasteiger partial charge in [-0.15, -0.1) is 0 Å². The molecule has 0 aromatic heterocycles. The summed E-state index contributed by atoms with van der Waals surface area (Å²) in [5, 5.41) is 0. The van der Waals surface area contributed by atoms with E-state index in [1.165, 1.54) is 43.5 Å². The summed E-state index contributed by atoms with van der Waals surface area (Å²) >= 11 is 0. The topological polar surface area (TPSA) is 18.5 Å². The van der Waals surface area contributed by atoms with Crippen molar-refractivity contribution in [3.63, 3.8) is 0 Å². The van der Waals surface area contributed by atoms with Crippen LogP contribution < -0.4 is 4.74 Å². The van der Waals surface area contributed by atoms with Crippen LogP contribution in [0.3, 0.4) is 0 Å². The predicted octanol–water partition coefficient (Wildman–Crippen LogP) is 7.34. The first-order valence-electron chi connectivity index (χ1n) is 12.8. The molecule has 2 aromatic rings. The summed E-state index contributed by atoms with van der Waals surface area (Å²) in [7, 11) is 0. The molecule has 0 spiro atoms. The molecule has 3 nitrogen and oxygen atoms in total. The smallest absolute Gasteiger partial charge is 0.197 e. The number of benzene rings is 2. The standard InChI is InChI=1S/C30H46NO2/c1-25(33-28-17-15-27(16-18-28)30(5,6)24-29(2,3)4)32-22-21-31(19-11-8-12-20-31)23-26-13-9-7-10-14-26/h7,9-10,13-18,25H,8,11-12,19-24H2,1-6H3/q+1. The van der Waals surface area contributed by atoms with Gasteiger partial charge in [0.25, 0.3) is 0 Å². The Balaban J connectivity index is 1.51. The van der Waals surface area contributed by atoms with Crippen LogP contribution in [0.5, 0.6) is 5.75 Å². The molecule has 1 unspecified atom stereocenters. The van der Waals surface area contributed by atoms with Crippen LogP contribution in [0.15, 0.2) is 54.6 Å². The molecule has 0 bridgehead atoms. The Kier molecular flexibility index (Phi) is 8.64. The fourth-order valence-corrected chi connectivity index (χ4v) is 5.67. The van der Waals surface area contributed by atoms with Crippen molar-refractivity contribution < 1.29 is 14.0 Å². The second-order valence-corrected chi connectivity index (χ2v) is 11.9. The summed E-state index contributed by atoms with van der Waals surface area (Å²) in [5.74, 6) is 0.879. The Morgan fingerprint density at radius 3 is 2.09 bits per heavy atom. The fraction of sp³-hybridized carbons (Fsp3) is 0.600. The van der Waals surface area contributed by atoms with Crippen molar-refractivity contribution in [2.75, 3.05) is 26.2 Å². The van der Waals surface area contributed by atoms with Gasteiger partial charge in [0.1, 0.15) is 18.8 Å². The monoisotopic (exact) mass is 452 g/mol. The van der Waals surface area contributed by atoms with Crippen LogP contribution >= 0.6 is 0 Å². The van der Waals surface area contributed by atoms with Gasteiger partial charge in [-0.2, -0.15) is 0 Å². The zero-order chi connectivity index (χ0) is 24.0. The first-order chi connectivity index (χ1) is 15.6. The maximum Gasteiger partial charge on any atom is 0.197 e. The number of ether oxygens (including phenoxy) is 2. The molecule has 0 N–H and O–H groups in total. The quantitative estimate of drug-likeness (QED) is 0.277. The lowest BCUT2D eigenvalue weighted by Crippen LogP contribution is -2.52. The highest BCUT2D eigenvalue weighted by molar-refractivity contribution is 5.31. The van der Waals surface area contributed by atoms with Crippen molar-refractivity contribution in [3.05, 3.63) is 65.7 Å². The van der Waals surface area contributed by atoms with Crippen molar-refractivity contribution in [2.24, 2.45) is 5.41 Å². The molecule has 33 heavy (non-hydrogen) atoms. The third-order valence-corrected chi connectivity index (χ3v) is 6.95. The SMILES string of the molecule is CC(OCC[N+]1(Cc2ccccc2)CCCCC1)Oc1ccc(C(C)(C)CC(C)(C)C)cc1. The molecule has 3 heteroatoms. The zero-order valence-corrected chi connectivity index (χ0v) is 21.9. The molecule has 1 aliphatic rings. The molecule has 0 amide bonds. The van der Waals surface area contributed by atoms with Gasteiger partial charge in [-0.25, -0.2) is 0 Å². The minimum absolute atomic E-state index is 0.143. The van der Waals surface area contributed by atoms with Crippen molar-refractivity contribution >= 4 is 0 Å². The van der Waals surface area contributed by atoms with Crippen molar-refractivity contribution in [1.29, 1.82) is 0 Å². The third kappa shape index (κ3) is 8.15. The number of piperidine rings is 1. The zero-order valence-electron chi connectivity index (χ0n) is 21.9. The van der Waals surface area contributed by atoms with E-state index in [0.717, 1.165) is 36.3 Å². The van der Waals surface area contributed by atoms with E-state index < -0.39 is 0 Å². The number of quaternary nitrogens is 1. The Bertz CT molecular complexity index is 830. The number of likely N-dealkylation sites (tertiary alicyclic amines) is 1. The summed E-state index contributed by atoms with van der Waals surface area (Å²) in [5.41, 5.74) is 3.23. The average molecular weight is 453 g/mol. The van der Waals surface area contributed by atoms with Crippen LogP contribution in [0, 0.1) is 5.41 Å². The van der Waals surface area contributed by atoms with Crippen LogP contribution in [0.25, 0.3) is 0 Å². The number of hydrogen-bond acceptors (Lipinski definition) is 2. The molecular formula is C30H46NO2+. The average Bonchev–Trinajstić information content (AvgIpc) is 2.74. The fourth-order valence-electron chi connectivity index (χ4n) is 5.67. The van der Waals surface area contributed by atoms with Gasteiger partial charge in [-0.05, 0) is 61.1 Å². The van der Waals surface area contributed by atoms with E-state index in [4.69, 9.17) is 9.47 Å². The predicted molar refractivity (Wildman–Crippen MR) is 138 cm³/mol. The van der Waals surface area contributed by atoms with Crippen molar-refractivity contribution in [3.8, 4) is 5.75 Å². The Hall–Kier alpha value is -1.84. The highest BCUT2D eigenvalue weighted by Crippen LogP contribution is 2.36.